The van der Waals surface area contributed by atoms with Gasteiger partial charge in [0.1, 0.15) is 11.5 Å². The van der Waals surface area contributed by atoms with Crippen LogP contribution in [0.2, 0.25) is 0 Å². The number of halogens is 1. The van der Waals surface area contributed by atoms with E-state index in [4.69, 9.17) is 9.51 Å². The van der Waals surface area contributed by atoms with Gasteiger partial charge in [-0.25, -0.2) is 9.37 Å². The Labute approximate surface area is 181 Å². The Hall–Kier alpha value is -2.28. The number of nitrogens with zero attached hydrogens (tertiary/aromatic N) is 4. The molecule has 5 rings (SSSR count). The molecule has 2 aliphatic heterocycles. The van der Waals surface area contributed by atoms with Crippen LogP contribution in [-0.2, 0) is 19.4 Å². The summed E-state index contributed by atoms with van der Waals surface area (Å²) >= 11 is 0. The number of fused-ring (bicyclic) bond motifs is 2. The summed E-state index contributed by atoms with van der Waals surface area (Å²) in [7, 11) is 0. The molecule has 1 atom stereocenters. The highest BCUT2D eigenvalue weighted by atomic mass is 19.1. The van der Waals surface area contributed by atoms with Crippen molar-refractivity contribution in [1.29, 1.82) is 0 Å². The lowest BCUT2D eigenvalue weighted by atomic mass is 9.90. The van der Waals surface area contributed by atoms with Crippen LogP contribution >= 0.6 is 0 Å². The van der Waals surface area contributed by atoms with E-state index in [1.165, 1.54) is 0 Å². The maximum absolute atomic E-state index is 14.2. The third-order valence-electron chi connectivity index (χ3n) is 7.15. The number of hydrogen-bond acceptors (Lipinski definition) is 5. The van der Waals surface area contributed by atoms with Gasteiger partial charge in [0.25, 0.3) is 5.56 Å². The third-order valence-corrected chi connectivity index (χ3v) is 7.15. The Bertz CT molecular complexity index is 1160. The molecule has 4 heterocycles. The second-order valence-corrected chi connectivity index (χ2v) is 9.55. The summed E-state index contributed by atoms with van der Waals surface area (Å²) in [6.07, 6.45) is 9.72. The Balaban J connectivity index is 1.23. The minimum atomic E-state index is -1.35. The molecule has 31 heavy (non-hydrogen) atoms. The van der Waals surface area contributed by atoms with Crippen molar-refractivity contribution in [3.8, 4) is 0 Å². The Morgan fingerprint density at radius 3 is 2.87 bits per heavy atom. The fraction of sp³-hybridized carbons (Fsp3) is 0.625. The molecular formula is C24H31FN4O2. The molecule has 2 aromatic heterocycles. The number of rotatable bonds is 4. The SMILES string of the molecule is Cc1nc2n(c(=O)c1CCN1CCC(c3noc4c3=CCC(C)(F)C=4)CC1)CCCC2. The van der Waals surface area contributed by atoms with Crippen LogP contribution in [0.4, 0.5) is 4.39 Å². The van der Waals surface area contributed by atoms with E-state index >= 15 is 0 Å². The van der Waals surface area contributed by atoms with Gasteiger partial charge < -0.3 is 9.42 Å². The van der Waals surface area contributed by atoms with Crippen molar-refractivity contribution in [3.63, 3.8) is 0 Å². The maximum atomic E-state index is 14.2. The van der Waals surface area contributed by atoms with Gasteiger partial charge in [-0.1, -0.05) is 11.2 Å². The predicted molar refractivity (Wildman–Crippen MR) is 117 cm³/mol. The Morgan fingerprint density at radius 2 is 2.06 bits per heavy atom. The van der Waals surface area contributed by atoms with Gasteiger partial charge in [-0.3, -0.25) is 9.36 Å². The molecule has 166 valence electrons. The van der Waals surface area contributed by atoms with Gasteiger partial charge in [-0.2, -0.15) is 0 Å². The number of piperidine rings is 1. The summed E-state index contributed by atoms with van der Waals surface area (Å²) in [6, 6.07) is 0. The topological polar surface area (TPSA) is 64.2 Å². The van der Waals surface area contributed by atoms with E-state index in [2.05, 4.69) is 10.1 Å². The Morgan fingerprint density at radius 1 is 1.26 bits per heavy atom. The minimum absolute atomic E-state index is 0.165. The molecular weight excluding hydrogens is 395 g/mol. The van der Waals surface area contributed by atoms with Gasteiger partial charge in [0.15, 0.2) is 5.42 Å². The summed E-state index contributed by atoms with van der Waals surface area (Å²) in [5.41, 5.74) is 2.14. The molecule has 0 N–H and O–H groups in total. The first-order valence-corrected chi connectivity index (χ1v) is 11.6. The van der Waals surface area contributed by atoms with Crippen molar-refractivity contribution < 1.29 is 8.91 Å². The number of likely N-dealkylation sites (tertiary alicyclic amines) is 1. The number of alkyl halides is 1. The van der Waals surface area contributed by atoms with Crippen molar-refractivity contribution >= 4 is 12.2 Å². The van der Waals surface area contributed by atoms with E-state index in [0.717, 1.165) is 92.7 Å². The summed E-state index contributed by atoms with van der Waals surface area (Å²) in [5.74, 6) is 1.30. The number of aromatic nitrogens is 3. The van der Waals surface area contributed by atoms with Crippen LogP contribution in [0.5, 0.6) is 0 Å². The summed E-state index contributed by atoms with van der Waals surface area (Å²) < 4.78 is 21.6. The average Bonchev–Trinajstić information content (AvgIpc) is 3.16. The van der Waals surface area contributed by atoms with E-state index in [1.54, 1.807) is 13.0 Å². The van der Waals surface area contributed by atoms with E-state index < -0.39 is 5.67 Å². The molecule has 3 aliphatic rings. The van der Waals surface area contributed by atoms with Crippen LogP contribution in [0.25, 0.3) is 12.2 Å². The lowest BCUT2D eigenvalue weighted by molar-refractivity contribution is 0.210. The summed E-state index contributed by atoms with van der Waals surface area (Å²) in [4.78, 5) is 20.1. The van der Waals surface area contributed by atoms with Gasteiger partial charge in [-0.05, 0) is 65.1 Å². The molecule has 2 aromatic rings. The molecule has 1 fully saturated rings. The standard InChI is InChI=1S/C24H31FN4O2/c1-16-18(23(30)29-11-4-3-5-21(29)26-16)9-14-28-12-7-17(8-13-28)22-19-6-10-24(2,25)15-20(19)31-27-22/h6,15,17H,3-5,7-14H2,1-2H3. The van der Waals surface area contributed by atoms with Crippen LogP contribution in [0.15, 0.2) is 9.32 Å². The summed E-state index contributed by atoms with van der Waals surface area (Å²) in [6.45, 7) is 7.16. The van der Waals surface area contributed by atoms with Crippen molar-refractivity contribution in [2.75, 3.05) is 19.6 Å². The molecule has 0 bridgehead atoms. The van der Waals surface area contributed by atoms with E-state index in [9.17, 15) is 9.18 Å². The fourth-order valence-corrected chi connectivity index (χ4v) is 5.28. The molecule has 1 saturated heterocycles. The second-order valence-electron chi connectivity index (χ2n) is 9.55. The normalized spacial score (nSPS) is 24.2. The summed E-state index contributed by atoms with van der Waals surface area (Å²) in [5, 5.41) is 5.28. The lowest BCUT2D eigenvalue weighted by Gasteiger charge is -2.31. The third kappa shape index (κ3) is 4.00. The first kappa shape index (κ1) is 20.6. The first-order valence-electron chi connectivity index (χ1n) is 11.6. The first-order chi connectivity index (χ1) is 14.9. The molecule has 6 nitrogen and oxygen atoms in total. The highest BCUT2D eigenvalue weighted by Gasteiger charge is 2.28. The highest BCUT2D eigenvalue weighted by Crippen LogP contribution is 2.26. The van der Waals surface area contributed by atoms with Gasteiger partial charge in [0.05, 0.1) is 5.69 Å². The molecule has 1 unspecified atom stereocenters. The molecule has 1 aliphatic carbocycles. The smallest absolute Gasteiger partial charge is 0.256 e. The van der Waals surface area contributed by atoms with Gasteiger partial charge in [0.2, 0.25) is 0 Å². The van der Waals surface area contributed by atoms with Crippen molar-refractivity contribution in [2.24, 2.45) is 0 Å². The average molecular weight is 427 g/mol. The van der Waals surface area contributed by atoms with Crippen LogP contribution in [0, 0.1) is 6.92 Å². The van der Waals surface area contributed by atoms with Crippen LogP contribution < -0.4 is 16.2 Å². The van der Waals surface area contributed by atoms with E-state index in [0.29, 0.717) is 17.8 Å². The Kier molecular flexibility index (Phi) is 5.32. The number of aryl methyl sites for hydroxylation is 2. The van der Waals surface area contributed by atoms with Gasteiger partial charge in [0, 0.05) is 48.3 Å². The van der Waals surface area contributed by atoms with E-state index in [1.807, 2.05) is 17.6 Å². The quantitative estimate of drug-likeness (QED) is 0.748. The molecule has 0 saturated carbocycles. The molecule has 7 heteroatoms. The van der Waals surface area contributed by atoms with Crippen LogP contribution in [-0.4, -0.2) is 44.9 Å². The van der Waals surface area contributed by atoms with Crippen molar-refractivity contribution in [1.82, 2.24) is 19.6 Å². The zero-order valence-electron chi connectivity index (χ0n) is 18.5. The molecule has 0 spiro atoms. The number of hydrogen-bond donors (Lipinski definition) is 0. The van der Waals surface area contributed by atoms with Crippen molar-refractivity contribution in [2.45, 2.75) is 76.9 Å². The fourth-order valence-electron chi connectivity index (χ4n) is 5.28. The largest absolute Gasteiger partial charge is 0.356 e. The molecule has 0 amide bonds. The van der Waals surface area contributed by atoms with Crippen LogP contribution in [0.3, 0.4) is 0 Å². The lowest BCUT2D eigenvalue weighted by Crippen LogP contribution is -2.39. The van der Waals surface area contributed by atoms with E-state index in [-0.39, 0.29) is 5.56 Å². The molecule has 0 radical (unpaired) electrons. The second kappa shape index (κ2) is 8.01. The monoisotopic (exact) mass is 426 g/mol. The minimum Gasteiger partial charge on any atom is -0.356 e. The highest BCUT2D eigenvalue weighted by molar-refractivity contribution is 5.44. The predicted octanol–water partition coefficient (Wildman–Crippen LogP) is 1.99. The van der Waals surface area contributed by atoms with Gasteiger partial charge in [-0.15, -0.1) is 0 Å². The van der Waals surface area contributed by atoms with Crippen molar-refractivity contribution in [3.05, 3.63) is 43.8 Å². The maximum Gasteiger partial charge on any atom is 0.256 e. The van der Waals surface area contributed by atoms with Crippen LogP contribution in [0.1, 0.15) is 67.7 Å². The van der Waals surface area contributed by atoms with Gasteiger partial charge >= 0.3 is 0 Å². The zero-order valence-corrected chi connectivity index (χ0v) is 18.5. The molecule has 0 aromatic carbocycles. The zero-order chi connectivity index (χ0) is 21.6.